The van der Waals surface area contributed by atoms with Gasteiger partial charge < -0.3 is 10.6 Å². The minimum absolute atomic E-state index is 0. The summed E-state index contributed by atoms with van der Waals surface area (Å²) in [6.45, 7) is 1.09. The second kappa shape index (κ2) is 6.94. The van der Waals surface area contributed by atoms with Crippen molar-refractivity contribution in [1.82, 2.24) is 10.6 Å². The highest BCUT2D eigenvalue weighted by molar-refractivity contribution is 5.85. The molecular formula is C15H27ClN2O. The van der Waals surface area contributed by atoms with E-state index < -0.39 is 0 Å². The number of rotatable bonds is 4. The summed E-state index contributed by atoms with van der Waals surface area (Å²) in [5.41, 5.74) is 0. The van der Waals surface area contributed by atoms with Crippen LogP contribution >= 0.6 is 12.4 Å². The molecule has 3 nitrogen and oxygen atoms in total. The number of carbonyl (C=O) groups is 1. The summed E-state index contributed by atoms with van der Waals surface area (Å²) in [5.74, 6) is 2.00. The predicted octanol–water partition coefficient (Wildman–Crippen LogP) is 2.64. The van der Waals surface area contributed by atoms with Gasteiger partial charge in [-0.1, -0.05) is 32.1 Å². The van der Waals surface area contributed by atoms with Gasteiger partial charge in [-0.2, -0.15) is 0 Å². The molecule has 1 saturated heterocycles. The zero-order chi connectivity index (χ0) is 12.4. The van der Waals surface area contributed by atoms with Gasteiger partial charge in [-0.3, -0.25) is 4.79 Å². The maximum atomic E-state index is 11.9. The minimum Gasteiger partial charge on any atom is -0.353 e. The standard InChI is InChI=1S/C15H26N2O.ClH/c18-15(9-12-7-4-8-16-12)17-14-10-13(14)11-5-2-1-3-6-11;/h11-14,16H,1-10H2,(H,17,18);1H. The van der Waals surface area contributed by atoms with Gasteiger partial charge in [0.15, 0.2) is 0 Å². The summed E-state index contributed by atoms with van der Waals surface area (Å²) in [4.78, 5) is 11.9. The molecule has 0 aromatic heterocycles. The highest BCUT2D eigenvalue weighted by Gasteiger charge is 2.43. The quantitative estimate of drug-likeness (QED) is 0.834. The summed E-state index contributed by atoms with van der Waals surface area (Å²) in [6.07, 6.45) is 11.4. The van der Waals surface area contributed by atoms with Crippen LogP contribution in [0.25, 0.3) is 0 Å². The van der Waals surface area contributed by atoms with Crippen LogP contribution in [0.4, 0.5) is 0 Å². The monoisotopic (exact) mass is 286 g/mol. The average molecular weight is 287 g/mol. The molecule has 0 aromatic carbocycles. The Bertz CT molecular complexity index is 299. The molecule has 0 bridgehead atoms. The fourth-order valence-corrected chi connectivity index (χ4v) is 3.88. The van der Waals surface area contributed by atoms with Gasteiger partial charge in [-0.25, -0.2) is 0 Å². The van der Waals surface area contributed by atoms with Crippen molar-refractivity contribution < 1.29 is 4.79 Å². The van der Waals surface area contributed by atoms with Crippen molar-refractivity contribution in [3.8, 4) is 0 Å². The molecule has 0 radical (unpaired) electrons. The molecule has 3 fully saturated rings. The maximum absolute atomic E-state index is 11.9. The molecule has 19 heavy (non-hydrogen) atoms. The Balaban J connectivity index is 0.00000133. The second-order valence-electron chi connectivity index (χ2n) is 6.47. The van der Waals surface area contributed by atoms with Gasteiger partial charge >= 0.3 is 0 Å². The van der Waals surface area contributed by atoms with Crippen molar-refractivity contribution in [2.75, 3.05) is 6.54 Å². The van der Waals surface area contributed by atoms with Gasteiger partial charge in [0.2, 0.25) is 5.91 Å². The lowest BCUT2D eigenvalue weighted by molar-refractivity contribution is -0.121. The number of nitrogens with one attached hydrogen (secondary N) is 2. The Labute approximate surface area is 122 Å². The van der Waals surface area contributed by atoms with Crippen LogP contribution in [-0.4, -0.2) is 24.5 Å². The molecule has 110 valence electrons. The van der Waals surface area contributed by atoms with Crippen molar-refractivity contribution in [2.24, 2.45) is 11.8 Å². The lowest BCUT2D eigenvalue weighted by atomic mass is 9.85. The molecule has 0 spiro atoms. The van der Waals surface area contributed by atoms with Crippen LogP contribution in [0.1, 0.15) is 57.8 Å². The van der Waals surface area contributed by atoms with Crippen molar-refractivity contribution in [2.45, 2.75) is 69.9 Å². The largest absolute Gasteiger partial charge is 0.353 e. The molecule has 3 unspecified atom stereocenters. The van der Waals surface area contributed by atoms with E-state index >= 15 is 0 Å². The highest BCUT2D eigenvalue weighted by Crippen LogP contribution is 2.44. The Morgan fingerprint density at radius 2 is 1.89 bits per heavy atom. The summed E-state index contributed by atoms with van der Waals surface area (Å²) in [7, 11) is 0. The van der Waals surface area contributed by atoms with Crippen LogP contribution < -0.4 is 10.6 Å². The molecule has 4 heteroatoms. The van der Waals surface area contributed by atoms with Gasteiger partial charge in [-0.05, 0) is 37.6 Å². The fourth-order valence-electron chi connectivity index (χ4n) is 3.88. The Morgan fingerprint density at radius 1 is 1.11 bits per heavy atom. The molecule has 3 rings (SSSR count). The van der Waals surface area contributed by atoms with E-state index in [1.807, 2.05) is 0 Å². The number of hydrogen-bond donors (Lipinski definition) is 2. The Morgan fingerprint density at radius 3 is 2.58 bits per heavy atom. The lowest BCUT2D eigenvalue weighted by Gasteiger charge is -2.21. The summed E-state index contributed by atoms with van der Waals surface area (Å²) >= 11 is 0. The van der Waals surface area contributed by atoms with E-state index in [1.54, 1.807) is 0 Å². The van der Waals surface area contributed by atoms with Crippen molar-refractivity contribution in [1.29, 1.82) is 0 Å². The van der Waals surface area contributed by atoms with Crippen molar-refractivity contribution >= 4 is 18.3 Å². The highest BCUT2D eigenvalue weighted by atomic mass is 35.5. The molecule has 2 saturated carbocycles. The van der Waals surface area contributed by atoms with Crippen LogP contribution in [0, 0.1) is 11.8 Å². The first-order valence-electron chi connectivity index (χ1n) is 7.85. The van der Waals surface area contributed by atoms with Crippen molar-refractivity contribution in [3.05, 3.63) is 0 Å². The lowest BCUT2D eigenvalue weighted by Crippen LogP contribution is -2.34. The van der Waals surface area contributed by atoms with Gasteiger partial charge in [0, 0.05) is 18.5 Å². The molecular weight excluding hydrogens is 260 g/mol. The zero-order valence-corrected chi connectivity index (χ0v) is 12.5. The van der Waals surface area contributed by atoms with E-state index in [-0.39, 0.29) is 18.3 Å². The first kappa shape index (κ1) is 15.1. The number of carbonyl (C=O) groups excluding carboxylic acids is 1. The van der Waals surface area contributed by atoms with E-state index in [4.69, 9.17) is 0 Å². The van der Waals surface area contributed by atoms with Crippen LogP contribution in [0.2, 0.25) is 0 Å². The van der Waals surface area contributed by atoms with Gasteiger partial charge in [0.25, 0.3) is 0 Å². The van der Waals surface area contributed by atoms with E-state index in [0.717, 1.165) is 18.4 Å². The smallest absolute Gasteiger partial charge is 0.221 e. The molecule has 3 aliphatic rings. The number of hydrogen-bond acceptors (Lipinski definition) is 2. The number of halogens is 1. The zero-order valence-electron chi connectivity index (χ0n) is 11.7. The third-order valence-corrected chi connectivity index (χ3v) is 5.04. The third kappa shape index (κ3) is 4.09. The fraction of sp³-hybridized carbons (Fsp3) is 0.933. The molecule has 2 N–H and O–H groups in total. The summed E-state index contributed by atoms with van der Waals surface area (Å²) < 4.78 is 0. The topological polar surface area (TPSA) is 41.1 Å². The van der Waals surface area contributed by atoms with E-state index in [0.29, 0.717) is 18.5 Å². The third-order valence-electron chi connectivity index (χ3n) is 5.04. The number of amides is 1. The van der Waals surface area contributed by atoms with E-state index in [9.17, 15) is 4.79 Å². The predicted molar refractivity (Wildman–Crippen MR) is 79.5 cm³/mol. The van der Waals surface area contributed by atoms with Gasteiger partial charge in [0.05, 0.1) is 0 Å². The average Bonchev–Trinajstić information content (AvgIpc) is 2.95. The maximum Gasteiger partial charge on any atom is 0.221 e. The van der Waals surface area contributed by atoms with Crippen molar-refractivity contribution in [3.63, 3.8) is 0 Å². The van der Waals surface area contributed by atoms with Crippen LogP contribution in [0.15, 0.2) is 0 Å². The second-order valence-corrected chi connectivity index (χ2v) is 6.47. The minimum atomic E-state index is 0. The van der Waals surface area contributed by atoms with E-state index in [2.05, 4.69) is 10.6 Å². The van der Waals surface area contributed by atoms with Crippen LogP contribution in [-0.2, 0) is 4.79 Å². The first-order chi connectivity index (χ1) is 8.83. The molecule has 2 aliphatic carbocycles. The van der Waals surface area contributed by atoms with Crippen LogP contribution in [0.5, 0.6) is 0 Å². The Kier molecular flexibility index (Phi) is 5.52. The van der Waals surface area contributed by atoms with Gasteiger partial charge in [0.1, 0.15) is 0 Å². The summed E-state index contributed by atoms with van der Waals surface area (Å²) in [5, 5.41) is 6.64. The molecule has 1 amide bonds. The first-order valence-corrected chi connectivity index (χ1v) is 7.85. The molecule has 1 aliphatic heterocycles. The SMILES string of the molecule is Cl.O=C(CC1CCCN1)NC1CC1C1CCCCC1. The van der Waals surface area contributed by atoms with E-state index in [1.165, 1.54) is 51.4 Å². The molecule has 1 heterocycles. The Hall–Kier alpha value is -0.280. The van der Waals surface area contributed by atoms with Crippen LogP contribution in [0.3, 0.4) is 0 Å². The summed E-state index contributed by atoms with van der Waals surface area (Å²) in [6, 6.07) is 0.957. The normalized spacial score (nSPS) is 34.6. The van der Waals surface area contributed by atoms with Gasteiger partial charge in [-0.15, -0.1) is 12.4 Å². The molecule has 3 atom stereocenters. The molecule has 0 aromatic rings.